The van der Waals surface area contributed by atoms with Gasteiger partial charge in [-0.15, -0.1) is 0 Å². The molecular weight excluding hydrogens is 414 g/mol. The largest absolute Gasteiger partial charge is 0.366 e. The highest BCUT2D eigenvalue weighted by atomic mass is 35.5. The zero-order chi connectivity index (χ0) is 22.0. The van der Waals surface area contributed by atoms with Gasteiger partial charge in [-0.05, 0) is 50.9 Å². The molecular formula is C22H32ClN7O. The SMILES string of the molecule is CCC(=O)N1CCC2(CCC(Nc3nc(Nc4cc(C)n(C)n4)ncc3Cl)CC2)CC1. The Balaban J connectivity index is 1.34. The second kappa shape index (κ2) is 9.02. The maximum Gasteiger partial charge on any atom is 0.230 e. The van der Waals surface area contributed by atoms with Crippen molar-refractivity contribution < 1.29 is 4.79 Å². The Bertz CT molecular complexity index is 906. The minimum Gasteiger partial charge on any atom is -0.366 e. The van der Waals surface area contributed by atoms with E-state index in [-0.39, 0.29) is 5.91 Å². The fourth-order valence-corrected chi connectivity index (χ4v) is 4.93. The van der Waals surface area contributed by atoms with Crippen LogP contribution in [0.1, 0.15) is 57.6 Å². The number of carbonyl (C=O) groups excluding carboxylic acids is 1. The van der Waals surface area contributed by atoms with Crippen LogP contribution in [0, 0.1) is 12.3 Å². The average Bonchev–Trinajstić information content (AvgIpc) is 3.09. The van der Waals surface area contributed by atoms with Crippen molar-refractivity contribution in [2.24, 2.45) is 12.5 Å². The van der Waals surface area contributed by atoms with Crippen LogP contribution in [0.25, 0.3) is 0 Å². The van der Waals surface area contributed by atoms with Gasteiger partial charge in [0.1, 0.15) is 5.02 Å². The van der Waals surface area contributed by atoms with Crippen LogP contribution in [0.4, 0.5) is 17.6 Å². The van der Waals surface area contributed by atoms with Crippen LogP contribution >= 0.6 is 11.6 Å². The van der Waals surface area contributed by atoms with E-state index in [2.05, 4.69) is 25.7 Å². The van der Waals surface area contributed by atoms with Crippen LogP contribution in [0.2, 0.25) is 5.02 Å². The van der Waals surface area contributed by atoms with E-state index in [1.807, 2.05) is 31.9 Å². The number of hydrogen-bond donors (Lipinski definition) is 2. The van der Waals surface area contributed by atoms with Gasteiger partial charge in [0, 0.05) is 44.4 Å². The Morgan fingerprint density at radius 2 is 1.97 bits per heavy atom. The van der Waals surface area contributed by atoms with E-state index in [9.17, 15) is 4.79 Å². The van der Waals surface area contributed by atoms with Crippen molar-refractivity contribution in [2.75, 3.05) is 23.7 Å². The number of anilines is 3. The Morgan fingerprint density at radius 1 is 1.26 bits per heavy atom. The van der Waals surface area contributed by atoms with E-state index in [4.69, 9.17) is 11.6 Å². The number of amides is 1. The second-order valence-corrected chi connectivity index (χ2v) is 9.37. The number of aromatic nitrogens is 4. The monoisotopic (exact) mass is 445 g/mol. The van der Waals surface area contributed by atoms with E-state index in [0.29, 0.717) is 40.5 Å². The lowest BCUT2D eigenvalue weighted by Gasteiger charge is -2.46. The van der Waals surface area contributed by atoms with Crippen LogP contribution in [0.3, 0.4) is 0 Å². The summed E-state index contributed by atoms with van der Waals surface area (Å²) in [5.74, 6) is 2.14. The Kier molecular flexibility index (Phi) is 6.36. The van der Waals surface area contributed by atoms with Crippen molar-refractivity contribution in [3.05, 3.63) is 23.0 Å². The number of nitrogens with one attached hydrogen (secondary N) is 2. The molecule has 31 heavy (non-hydrogen) atoms. The zero-order valence-corrected chi connectivity index (χ0v) is 19.4. The number of piperidine rings is 1. The molecule has 168 valence electrons. The lowest BCUT2D eigenvalue weighted by Crippen LogP contribution is -2.45. The van der Waals surface area contributed by atoms with Crippen LogP contribution in [0.15, 0.2) is 12.3 Å². The summed E-state index contributed by atoms with van der Waals surface area (Å²) in [7, 11) is 1.90. The van der Waals surface area contributed by atoms with Gasteiger partial charge in [0.15, 0.2) is 11.6 Å². The molecule has 4 rings (SSSR count). The molecule has 0 bridgehead atoms. The Morgan fingerprint density at radius 3 is 2.58 bits per heavy atom. The number of halogens is 1. The van der Waals surface area contributed by atoms with Gasteiger partial charge < -0.3 is 15.5 Å². The van der Waals surface area contributed by atoms with Gasteiger partial charge in [-0.2, -0.15) is 10.1 Å². The molecule has 0 radical (unpaired) electrons. The van der Waals surface area contributed by atoms with Gasteiger partial charge in [0.05, 0.1) is 6.20 Å². The number of aryl methyl sites for hydroxylation is 2. The minimum atomic E-state index is 0.286. The van der Waals surface area contributed by atoms with E-state index in [1.165, 1.54) is 12.8 Å². The number of hydrogen-bond acceptors (Lipinski definition) is 6. The number of carbonyl (C=O) groups is 1. The molecule has 1 saturated carbocycles. The molecule has 1 aliphatic carbocycles. The lowest BCUT2D eigenvalue weighted by molar-refractivity contribution is -0.133. The molecule has 3 heterocycles. The highest BCUT2D eigenvalue weighted by Crippen LogP contribution is 2.45. The molecule has 0 aromatic carbocycles. The molecule has 2 aromatic heterocycles. The highest BCUT2D eigenvalue weighted by Gasteiger charge is 2.38. The van der Waals surface area contributed by atoms with Gasteiger partial charge in [0.2, 0.25) is 11.9 Å². The molecule has 1 spiro atoms. The lowest BCUT2D eigenvalue weighted by atomic mass is 9.67. The summed E-state index contributed by atoms with van der Waals surface area (Å²) in [5.41, 5.74) is 1.44. The molecule has 9 heteroatoms. The van der Waals surface area contributed by atoms with Crippen molar-refractivity contribution in [1.29, 1.82) is 0 Å². The standard InChI is InChI=1S/C22H32ClN7O/c1-4-19(31)30-11-9-22(10-12-30)7-5-16(6-8-22)25-20-17(23)14-24-21(27-20)26-18-13-15(2)29(3)28-18/h13-14,16H,4-12H2,1-3H3,(H2,24,25,26,27,28). The summed E-state index contributed by atoms with van der Waals surface area (Å²) >= 11 is 6.38. The molecule has 0 atom stereocenters. The Hall–Kier alpha value is -2.35. The summed E-state index contributed by atoms with van der Waals surface area (Å²) in [6.07, 6.45) is 9.01. The fraction of sp³-hybridized carbons (Fsp3) is 0.636. The van der Waals surface area contributed by atoms with Gasteiger partial charge >= 0.3 is 0 Å². The van der Waals surface area contributed by atoms with Crippen LogP contribution in [0.5, 0.6) is 0 Å². The van der Waals surface area contributed by atoms with E-state index in [0.717, 1.165) is 44.5 Å². The molecule has 2 aliphatic rings. The fourth-order valence-electron chi connectivity index (χ4n) is 4.79. The van der Waals surface area contributed by atoms with Gasteiger partial charge in [-0.3, -0.25) is 9.48 Å². The zero-order valence-electron chi connectivity index (χ0n) is 18.6. The highest BCUT2D eigenvalue weighted by molar-refractivity contribution is 6.32. The smallest absolute Gasteiger partial charge is 0.230 e. The third-order valence-corrected chi connectivity index (χ3v) is 7.24. The number of likely N-dealkylation sites (tertiary alicyclic amines) is 1. The predicted molar refractivity (Wildman–Crippen MR) is 123 cm³/mol. The maximum atomic E-state index is 12.0. The van der Waals surface area contributed by atoms with Gasteiger partial charge in [0.25, 0.3) is 0 Å². The van der Waals surface area contributed by atoms with Crippen LogP contribution < -0.4 is 10.6 Å². The van der Waals surface area contributed by atoms with E-state index < -0.39 is 0 Å². The van der Waals surface area contributed by atoms with Crippen molar-refractivity contribution in [2.45, 2.75) is 64.8 Å². The first-order valence-electron chi connectivity index (χ1n) is 11.2. The Labute approximate surface area is 188 Å². The minimum absolute atomic E-state index is 0.286. The first-order chi connectivity index (χ1) is 14.9. The third kappa shape index (κ3) is 4.95. The van der Waals surface area contributed by atoms with E-state index in [1.54, 1.807) is 10.9 Å². The number of nitrogens with zero attached hydrogens (tertiary/aromatic N) is 5. The molecule has 2 aromatic rings. The molecule has 1 saturated heterocycles. The van der Waals surface area contributed by atoms with E-state index >= 15 is 0 Å². The molecule has 2 N–H and O–H groups in total. The van der Waals surface area contributed by atoms with Crippen molar-refractivity contribution in [3.8, 4) is 0 Å². The second-order valence-electron chi connectivity index (χ2n) is 8.96. The third-order valence-electron chi connectivity index (χ3n) is 6.96. The molecule has 0 unspecified atom stereocenters. The summed E-state index contributed by atoms with van der Waals surface area (Å²) in [4.78, 5) is 22.9. The average molecular weight is 446 g/mol. The van der Waals surface area contributed by atoms with Gasteiger partial charge in [-0.25, -0.2) is 4.98 Å². The number of rotatable bonds is 5. The maximum absolute atomic E-state index is 12.0. The summed E-state index contributed by atoms with van der Waals surface area (Å²) in [5, 5.41) is 11.6. The molecule has 1 amide bonds. The predicted octanol–water partition coefficient (Wildman–Crippen LogP) is 4.29. The van der Waals surface area contributed by atoms with Crippen molar-refractivity contribution in [3.63, 3.8) is 0 Å². The van der Waals surface area contributed by atoms with Gasteiger partial charge in [-0.1, -0.05) is 18.5 Å². The molecule has 8 nitrogen and oxygen atoms in total. The van der Waals surface area contributed by atoms with Crippen molar-refractivity contribution in [1.82, 2.24) is 24.6 Å². The first kappa shape index (κ1) is 21.9. The quantitative estimate of drug-likeness (QED) is 0.713. The molecule has 1 aliphatic heterocycles. The summed E-state index contributed by atoms with van der Waals surface area (Å²) in [6.45, 7) is 5.75. The topological polar surface area (TPSA) is 88.0 Å². The summed E-state index contributed by atoms with van der Waals surface area (Å²) < 4.78 is 1.80. The molecule has 2 fully saturated rings. The van der Waals surface area contributed by atoms with Crippen LogP contribution in [-0.2, 0) is 11.8 Å². The van der Waals surface area contributed by atoms with Crippen molar-refractivity contribution >= 4 is 35.1 Å². The summed E-state index contributed by atoms with van der Waals surface area (Å²) in [6, 6.07) is 2.30. The first-order valence-corrected chi connectivity index (χ1v) is 11.6. The normalized spacial score (nSPS) is 18.9. The van der Waals surface area contributed by atoms with Crippen LogP contribution in [-0.4, -0.2) is 49.7 Å².